The molecule has 0 spiro atoms. The van der Waals surface area contributed by atoms with Crippen LogP contribution >= 0.6 is 0 Å². The molecule has 0 saturated heterocycles. The summed E-state index contributed by atoms with van der Waals surface area (Å²) in [4.78, 5) is 23.0. The molecule has 6 nitrogen and oxygen atoms in total. The Morgan fingerprint density at radius 1 is 1.00 bits per heavy atom. The zero-order chi connectivity index (χ0) is 17.7. The van der Waals surface area contributed by atoms with Gasteiger partial charge in [-0.1, -0.05) is 18.2 Å². The van der Waals surface area contributed by atoms with Crippen LogP contribution in [0.1, 0.15) is 10.4 Å². The molecule has 0 radical (unpaired) electrons. The minimum atomic E-state index is -4.88. The van der Waals surface area contributed by atoms with E-state index in [2.05, 4.69) is 15.4 Å². The number of hydrogen-bond donors (Lipinski definition) is 3. The first-order chi connectivity index (χ1) is 11.2. The van der Waals surface area contributed by atoms with Crippen molar-refractivity contribution in [3.05, 3.63) is 54.1 Å². The molecule has 0 aliphatic heterocycles. The number of alkyl halides is 3. The molecule has 0 bridgehead atoms. The molecule has 9 heteroatoms. The lowest BCUT2D eigenvalue weighted by Gasteiger charge is -2.14. The van der Waals surface area contributed by atoms with Crippen molar-refractivity contribution in [2.75, 3.05) is 10.6 Å². The SMILES string of the molecule is NC(=O)Nc1cccc(C(=O)Nc2ccccc2OC(F)(F)F)c1. The lowest BCUT2D eigenvalue weighted by molar-refractivity contribution is -0.274. The molecule has 3 amide bonds. The third-order valence-corrected chi connectivity index (χ3v) is 2.75. The molecule has 0 aliphatic rings. The summed E-state index contributed by atoms with van der Waals surface area (Å²) in [5.74, 6) is -1.22. The second-order valence-electron chi connectivity index (χ2n) is 4.57. The summed E-state index contributed by atoms with van der Waals surface area (Å²) in [6, 6.07) is 10.1. The lowest BCUT2D eigenvalue weighted by atomic mass is 10.2. The van der Waals surface area contributed by atoms with Crippen molar-refractivity contribution in [2.45, 2.75) is 6.36 Å². The Hall–Kier alpha value is -3.23. The van der Waals surface area contributed by atoms with Crippen LogP contribution in [0.3, 0.4) is 0 Å². The number of primary amides is 1. The maximum atomic E-state index is 12.4. The fourth-order valence-corrected chi connectivity index (χ4v) is 1.86. The van der Waals surface area contributed by atoms with Crippen LogP contribution < -0.4 is 21.1 Å². The van der Waals surface area contributed by atoms with E-state index in [1.165, 1.54) is 42.5 Å². The van der Waals surface area contributed by atoms with Crippen molar-refractivity contribution in [2.24, 2.45) is 5.73 Å². The molecule has 0 heterocycles. The van der Waals surface area contributed by atoms with Crippen molar-refractivity contribution in [3.8, 4) is 5.75 Å². The molecule has 0 atom stereocenters. The lowest BCUT2D eigenvalue weighted by Crippen LogP contribution is -2.20. The van der Waals surface area contributed by atoms with Crippen molar-refractivity contribution in [3.63, 3.8) is 0 Å². The number of halogens is 3. The normalized spacial score (nSPS) is 10.8. The number of anilines is 2. The average Bonchev–Trinajstić information content (AvgIpc) is 2.47. The summed E-state index contributed by atoms with van der Waals surface area (Å²) in [7, 11) is 0. The highest BCUT2D eigenvalue weighted by atomic mass is 19.4. The molecule has 126 valence electrons. The van der Waals surface area contributed by atoms with Gasteiger partial charge in [0.2, 0.25) is 0 Å². The van der Waals surface area contributed by atoms with Crippen LogP contribution in [0.15, 0.2) is 48.5 Å². The second kappa shape index (κ2) is 6.90. The minimum absolute atomic E-state index is 0.114. The van der Waals surface area contributed by atoms with E-state index in [9.17, 15) is 22.8 Å². The van der Waals surface area contributed by atoms with Gasteiger partial charge in [-0.25, -0.2) is 4.79 Å². The van der Waals surface area contributed by atoms with Gasteiger partial charge in [-0.05, 0) is 30.3 Å². The van der Waals surface area contributed by atoms with Crippen molar-refractivity contribution in [1.82, 2.24) is 0 Å². The number of benzene rings is 2. The smallest absolute Gasteiger partial charge is 0.404 e. The Morgan fingerprint density at radius 3 is 2.38 bits per heavy atom. The number of nitrogens with two attached hydrogens (primary N) is 1. The quantitative estimate of drug-likeness (QED) is 0.797. The van der Waals surface area contributed by atoms with Crippen LogP contribution in [-0.2, 0) is 0 Å². The van der Waals surface area contributed by atoms with Gasteiger partial charge in [-0.2, -0.15) is 0 Å². The Kier molecular flexibility index (Phi) is 4.93. The number of carbonyl (C=O) groups is 2. The highest BCUT2D eigenvalue weighted by molar-refractivity contribution is 6.06. The van der Waals surface area contributed by atoms with Crippen LogP contribution in [0.2, 0.25) is 0 Å². The van der Waals surface area contributed by atoms with Gasteiger partial charge >= 0.3 is 12.4 Å². The predicted octanol–water partition coefficient (Wildman–Crippen LogP) is 3.33. The standard InChI is InChI=1S/C15H12F3N3O3/c16-15(17,18)24-12-7-2-1-6-11(12)21-13(22)9-4-3-5-10(8-9)20-14(19)23/h1-8H,(H,21,22)(H3,19,20,23). The number of amides is 3. The summed E-state index contributed by atoms with van der Waals surface area (Å²) in [6.07, 6.45) is -4.88. The third-order valence-electron chi connectivity index (χ3n) is 2.75. The number of ether oxygens (including phenoxy) is 1. The fraction of sp³-hybridized carbons (Fsp3) is 0.0667. The Bertz CT molecular complexity index is 763. The van der Waals surface area contributed by atoms with E-state index in [4.69, 9.17) is 5.73 Å². The first kappa shape index (κ1) is 17.1. The number of urea groups is 1. The number of carbonyl (C=O) groups excluding carboxylic acids is 2. The number of rotatable bonds is 4. The summed E-state index contributed by atoms with van der Waals surface area (Å²) >= 11 is 0. The minimum Gasteiger partial charge on any atom is -0.404 e. The van der Waals surface area contributed by atoms with Crippen LogP contribution in [0.5, 0.6) is 5.75 Å². The van der Waals surface area contributed by atoms with Crippen molar-refractivity contribution in [1.29, 1.82) is 0 Å². The Balaban J connectivity index is 2.20. The average molecular weight is 339 g/mol. The first-order valence-corrected chi connectivity index (χ1v) is 6.57. The van der Waals surface area contributed by atoms with Crippen LogP contribution in [0.25, 0.3) is 0 Å². The first-order valence-electron chi connectivity index (χ1n) is 6.57. The van der Waals surface area contributed by atoms with E-state index in [1.807, 2.05) is 0 Å². The summed E-state index contributed by atoms with van der Waals surface area (Å²) in [5, 5.41) is 4.61. The molecule has 24 heavy (non-hydrogen) atoms. The summed E-state index contributed by atoms with van der Waals surface area (Å²) in [5.41, 5.74) is 5.22. The monoisotopic (exact) mass is 339 g/mol. The molecule has 0 saturated carbocycles. The molecule has 0 fully saturated rings. The van der Waals surface area contributed by atoms with E-state index in [-0.39, 0.29) is 16.9 Å². The molecule has 0 aromatic heterocycles. The van der Waals surface area contributed by atoms with E-state index < -0.39 is 24.1 Å². The number of hydrogen-bond acceptors (Lipinski definition) is 3. The molecule has 0 aliphatic carbocycles. The van der Waals surface area contributed by atoms with Gasteiger partial charge in [0.15, 0.2) is 5.75 Å². The van der Waals surface area contributed by atoms with Gasteiger partial charge in [-0.3, -0.25) is 4.79 Å². The van der Waals surface area contributed by atoms with Crippen molar-refractivity contribution < 1.29 is 27.5 Å². The van der Waals surface area contributed by atoms with Gasteiger partial charge in [-0.15, -0.1) is 13.2 Å². The van der Waals surface area contributed by atoms with Crippen molar-refractivity contribution >= 4 is 23.3 Å². The van der Waals surface area contributed by atoms with Crippen LogP contribution in [0.4, 0.5) is 29.3 Å². The van der Waals surface area contributed by atoms with E-state index >= 15 is 0 Å². The molecule has 0 unspecified atom stereocenters. The molecule has 2 aromatic rings. The largest absolute Gasteiger partial charge is 0.573 e. The third kappa shape index (κ3) is 4.90. The second-order valence-corrected chi connectivity index (χ2v) is 4.57. The summed E-state index contributed by atoms with van der Waals surface area (Å²) < 4.78 is 41.0. The Labute approximate surface area is 134 Å². The number of nitrogens with one attached hydrogen (secondary N) is 2. The predicted molar refractivity (Wildman–Crippen MR) is 80.7 cm³/mol. The highest BCUT2D eigenvalue weighted by Crippen LogP contribution is 2.30. The fourth-order valence-electron chi connectivity index (χ4n) is 1.86. The zero-order valence-electron chi connectivity index (χ0n) is 12.1. The number of para-hydroxylation sites is 2. The molecule has 2 rings (SSSR count). The Morgan fingerprint density at radius 2 is 1.71 bits per heavy atom. The highest BCUT2D eigenvalue weighted by Gasteiger charge is 2.32. The zero-order valence-corrected chi connectivity index (χ0v) is 12.1. The maximum Gasteiger partial charge on any atom is 0.573 e. The van der Waals surface area contributed by atoms with E-state index in [0.717, 1.165) is 6.07 Å². The van der Waals surface area contributed by atoms with Gasteiger partial charge < -0.3 is 21.1 Å². The van der Waals surface area contributed by atoms with E-state index in [0.29, 0.717) is 0 Å². The molecular weight excluding hydrogens is 327 g/mol. The topological polar surface area (TPSA) is 93.5 Å². The van der Waals surface area contributed by atoms with Gasteiger partial charge in [0.1, 0.15) is 0 Å². The maximum absolute atomic E-state index is 12.4. The molecular formula is C15H12F3N3O3. The molecule has 4 N–H and O–H groups in total. The van der Waals surface area contributed by atoms with Crippen LogP contribution in [0, 0.1) is 0 Å². The summed E-state index contributed by atoms with van der Waals surface area (Å²) in [6.45, 7) is 0. The van der Waals surface area contributed by atoms with Gasteiger partial charge in [0.25, 0.3) is 5.91 Å². The van der Waals surface area contributed by atoms with Gasteiger partial charge in [0.05, 0.1) is 5.69 Å². The van der Waals surface area contributed by atoms with Crippen LogP contribution in [-0.4, -0.2) is 18.3 Å². The van der Waals surface area contributed by atoms with Gasteiger partial charge in [0, 0.05) is 11.3 Å². The molecule has 2 aromatic carbocycles. The van der Waals surface area contributed by atoms with E-state index in [1.54, 1.807) is 0 Å².